The van der Waals surface area contributed by atoms with Crippen LogP contribution in [0.25, 0.3) is 0 Å². The molecular formula is C9H14N2O5S. The highest BCUT2D eigenvalue weighted by Gasteiger charge is 2.44. The van der Waals surface area contributed by atoms with Crippen molar-refractivity contribution in [2.24, 2.45) is 4.99 Å². The summed E-state index contributed by atoms with van der Waals surface area (Å²) in [5.74, 6) is -0.406. The summed E-state index contributed by atoms with van der Waals surface area (Å²) in [6.07, 6.45) is -4.57. The molecule has 0 aromatic rings. The summed E-state index contributed by atoms with van der Waals surface area (Å²) in [5.41, 5.74) is 0. The number of rotatable bonds is 3. The highest BCUT2D eigenvalue weighted by atomic mass is 32.1. The van der Waals surface area contributed by atoms with Gasteiger partial charge in [-0.1, -0.05) is 0 Å². The number of hydrogen-bond acceptors (Lipinski definition) is 7. The normalized spacial score (nSPS) is 37.1. The summed E-state index contributed by atoms with van der Waals surface area (Å²) in [7, 11) is 0. The fraction of sp³-hybridized carbons (Fsp3) is 0.778. The maximum Gasteiger partial charge on any atom is 0.217 e. The molecule has 0 unspecified atom stereocenters. The Morgan fingerprint density at radius 3 is 2.65 bits per heavy atom. The smallest absolute Gasteiger partial charge is 0.217 e. The molecule has 4 N–H and O–H groups in total. The summed E-state index contributed by atoms with van der Waals surface area (Å²) >= 11 is 4.43. The zero-order valence-corrected chi connectivity index (χ0v) is 9.92. The second kappa shape index (κ2) is 6.15. The number of aliphatic hydroxyl groups excluding tert-OH is 3. The molecular weight excluding hydrogens is 248 g/mol. The van der Waals surface area contributed by atoms with Crippen molar-refractivity contribution in [2.75, 3.05) is 6.61 Å². The van der Waals surface area contributed by atoms with Crippen LogP contribution in [0, 0.1) is 0 Å². The fourth-order valence-electron chi connectivity index (χ4n) is 1.65. The molecule has 1 amide bonds. The Morgan fingerprint density at radius 1 is 1.53 bits per heavy atom. The highest BCUT2D eigenvalue weighted by Crippen LogP contribution is 2.21. The van der Waals surface area contributed by atoms with Crippen LogP contribution in [-0.2, 0) is 9.53 Å². The highest BCUT2D eigenvalue weighted by molar-refractivity contribution is 7.78. The summed E-state index contributed by atoms with van der Waals surface area (Å²) in [4.78, 5) is 14.6. The number of ether oxygens (including phenoxy) is 1. The van der Waals surface area contributed by atoms with E-state index in [1.165, 1.54) is 6.92 Å². The lowest BCUT2D eigenvalue weighted by Gasteiger charge is -2.40. The predicted octanol–water partition coefficient (Wildman–Crippen LogP) is -1.97. The topological polar surface area (TPSA) is 111 Å². The quantitative estimate of drug-likeness (QED) is 0.347. The summed E-state index contributed by atoms with van der Waals surface area (Å²) in [6, 6.07) is -0.930. The van der Waals surface area contributed by atoms with Crippen LogP contribution in [0.5, 0.6) is 0 Å². The molecule has 1 rings (SSSR count). The predicted molar refractivity (Wildman–Crippen MR) is 60.4 cm³/mol. The largest absolute Gasteiger partial charge is 0.394 e. The second-order valence-electron chi connectivity index (χ2n) is 3.68. The molecule has 7 nitrogen and oxygen atoms in total. The number of thiocarbonyl (C=S) groups is 1. The van der Waals surface area contributed by atoms with Gasteiger partial charge >= 0.3 is 0 Å². The van der Waals surface area contributed by atoms with Gasteiger partial charge in [0, 0.05) is 6.92 Å². The van der Waals surface area contributed by atoms with Crippen LogP contribution in [0.3, 0.4) is 0 Å². The van der Waals surface area contributed by atoms with Crippen LogP contribution >= 0.6 is 12.2 Å². The molecule has 0 aliphatic carbocycles. The second-order valence-corrected chi connectivity index (χ2v) is 3.86. The van der Waals surface area contributed by atoms with Crippen LogP contribution in [0.15, 0.2) is 4.99 Å². The first kappa shape index (κ1) is 14.2. The van der Waals surface area contributed by atoms with Gasteiger partial charge in [0.15, 0.2) is 6.23 Å². The maximum atomic E-state index is 11.0. The molecule has 5 atom stereocenters. The lowest BCUT2D eigenvalue weighted by atomic mass is 9.96. The molecule has 1 aliphatic heterocycles. The summed E-state index contributed by atoms with van der Waals surface area (Å²) in [6.45, 7) is 0.782. The molecule has 1 fully saturated rings. The molecule has 0 radical (unpaired) electrons. The van der Waals surface area contributed by atoms with Crippen molar-refractivity contribution in [3.8, 4) is 0 Å². The van der Waals surface area contributed by atoms with Crippen molar-refractivity contribution in [1.82, 2.24) is 5.32 Å². The van der Waals surface area contributed by atoms with Gasteiger partial charge in [0.25, 0.3) is 0 Å². The van der Waals surface area contributed by atoms with E-state index in [0.29, 0.717) is 0 Å². The third-order valence-electron chi connectivity index (χ3n) is 2.45. The molecule has 0 saturated carbocycles. The van der Waals surface area contributed by atoms with Gasteiger partial charge in [0.2, 0.25) is 5.91 Å². The number of amides is 1. The summed E-state index contributed by atoms with van der Waals surface area (Å²) < 4.78 is 5.20. The molecule has 0 aromatic carbocycles. The third kappa shape index (κ3) is 3.29. The average Bonchev–Trinajstić information content (AvgIpc) is 2.28. The molecule has 0 spiro atoms. The van der Waals surface area contributed by atoms with E-state index in [0.717, 1.165) is 0 Å². The average molecular weight is 262 g/mol. The van der Waals surface area contributed by atoms with Crippen LogP contribution in [0.1, 0.15) is 6.92 Å². The van der Waals surface area contributed by atoms with Gasteiger partial charge in [-0.05, 0) is 12.2 Å². The van der Waals surface area contributed by atoms with E-state index in [1.807, 2.05) is 0 Å². The van der Waals surface area contributed by atoms with Crippen LogP contribution in [-0.4, -0.2) is 63.6 Å². The van der Waals surface area contributed by atoms with Gasteiger partial charge in [-0.3, -0.25) is 4.79 Å². The summed E-state index contributed by atoms with van der Waals surface area (Å²) in [5, 5.41) is 32.9. The Labute approximate surface area is 103 Å². The maximum absolute atomic E-state index is 11.0. The van der Waals surface area contributed by atoms with E-state index in [9.17, 15) is 15.0 Å². The Balaban J connectivity index is 2.90. The van der Waals surface area contributed by atoms with Crippen molar-refractivity contribution in [3.63, 3.8) is 0 Å². The minimum atomic E-state index is -1.31. The standard InChI is InChI=1S/C9H14N2O5S/c1-4(13)11-6-8(15)7(14)5(2-12)16-9(6)10-3-17/h5-9,12,14-15H,2H2,1H3,(H,11,13)/t5-,6+,7+,8-,9+/m1/s1. The lowest BCUT2D eigenvalue weighted by molar-refractivity contribution is -0.192. The van der Waals surface area contributed by atoms with Crippen LogP contribution < -0.4 is 5.32 Å². The van der Waals surface area contributed by atoms with Crippen molar-refractivity contribution in [1.29, 1.82) is 0 Å². The van der Waals surface area contributed by atoms with Crippen molar-refractivity contribution < 1.29 is 24.9 Å². The monoisotopic (exact) mass is 262 g/mol. The van der Waals surface area contributed by atoms with E-state index < -0.39 is 43.1 Å². The van der Waals surface area contributed by atoms with Crippen LogP contribution in [0.2, 0.25) is 0 Å². The number of hydrogen-bond donors (Lipinski definition) is 4. The fourth-order valence-corrected chi connectivity index (χ4v) is 1.75. The van der Waals surface area contributed by atoms with E-state index >= 15 is 0 Å². The van der Waals surface area contributed by atoms with Gasteiger partial charge in [0.05, 0.1) is 11.8 Å². The number of nitrogens with one attached hydrogen (secondary N) is 1. The minimum absolute atomic E-state index is 0.406. The number of aliphatic hydroxyl groups is 3. The Kier molecular flexibility index (Phi) is 5.13. The van der Waals surface area contributed by atoms with Crippen molar-refractivity contribution >= 4 is 23.3 Å². The van der Waals surface area contributed by atoms with E-state index in [2.05, 4.69) is 27.7 Å². The van der Waals surface area contributed by atoms with E-state index in [4.69, 9.17) is 9.84 Å². The van der Waals surface area contributed by atoms with E-state index in [1.54, 1.807) is 0 Å². The molecule has 1 aliphatic rings. The molecule has 1 saturated heterocycles. The first-order chi connectivity index (χ1) is 8.01. The first-order valence-corrected chi connectivity index (χ1v) is 5.38. The van der Waals surface area contributed by atoms with Crippen LogP contribution in [0.4, 0.5) is 0 Å². The number of nitrogens with zero attached hydrogens (tertiary/aromatic N) is 1. The zero-order valence-electron chi connectivity index (χ0n) is 9.11. The lowest BCUT2D eigenvalue weighted by Crippen LogP contribution is -2.63. The van der Waals surface area contributed by atoms with Gasteiger partial charge < -0.3 is 25.4 Å². The first-order valence-electron chi connectivity index (χ1n) is 4.97. The zero-order chi connectivity index (χ0) is 13.0. The minimum Gasteiger partial charge on any atom is -0.394 e. The number of isothiocyanates is 1. The molecule has 96 valence electrons. The van der Waals surface area contributed by atoms with Gasteiger partial charge in [-0.2, -0.15) is 4.99 Å². The number of carbonyl (C=O) groups is 1. The SMILES string of the molecule is CC(=O)N[C@H]1[C@@H](O)[C@@H](O)[C@@H](CO)O[C@@H]1N=C=S. The van der Waals surface area contributed by atoms with Gasteiger partial charge in [-0.15, -0.1) is 0 Å². The Bertz CT molecular complexity index is 333. The van der Waals surface area contributed by atoms with E-state index in [-0.39, 0.29) is 0 Å². The van der Waals surface area contributed by atoms with Crippen molar-refractivity contribution in [2.45, 2.75) is 37.5 Å². The molecule has 8 heteroatoms. The van der Waals surface area contributed by atoms with Gasteiger partial charge in [0.1, 0.15) is 24.4 Å². The third-order valence-corrected chi connectivity index (χ3v) is 2.56. The number of carbonyl (C=O) groups excluding carboxylic acids is 1. The Morgan fingerprint density at radius 2 is 2.18 bits per heavy atom. The number of aliphatic imine (C=N–C) groups is 1. The molecule has 0 aromatic heterocycles. The molecule has 1 heterocycles. The van der Waals surface area contributed by atoms with Gasteiger partial charge in [-0.25, -0.2) is 0 Å². The molecule has 0 bridgehead atoms. The Hall–Kier alpha value is -0.890. The van der Waals surface area contributed by atoms with Crippen molar-refractivity contribution in [3.05, 3.63) is 0 Å². The molecule has 17 heavy (non-hydrogen) atoms.